The molecule has 1 N–H and O–H groups in total. The van der Waals surface area contributed by atoms with Crippen LogP contribution in [0.1, 0.15) is 31.7 Å². The highest BCUT2D eigenvalue weighted by molar-refractivity contribution is 8.93. The third kappa shape index (κ3) is 2.60. The fourth-order valence-corrected chi connectivity index (χ4v) is 1.10. The normalized spacial score (nSPS) is 12.2. The van der Waals surface area contributed by atoms with Crippen LogP contribution in [0.3, 0.4) is 0 Å². The summed E-state index contributed by atoms with van der Waals surface area (Å²) in [4.78, 5) is 4.05. The van der Waals surface area contributed by atoms with Crippen molar-refractivity contribution in [2.24, 2.45) is 7.05 Å². The number of imidazole rings is 1. The minimum absolute atomic E-state index is 0. The molecule has 12 heavy (non-hydrogen) atoms. The van der Waals surface area contributed by atoms with Crippen LogP contribution in [0.4, 0.5) is 0 Å². The first-order valence-electron chi connectivity index (χ1n) is 3.91. The SMILES string of the molecule is Br.CCCC(O)c1nccn1C. The molecule has 0 spiro atoms. The van der Waals surface area contributed by atoms with E-state index in [-0.39, 0.29) is 17.0 Å². The first-order valence-corrected chi connectivity index (χ1v) is 3.91. The number of rotatable bonds is 3. The fourth-order valence-electron chi connectivity index (χ4n) is 1.10. The van der Waals surface area contributed by atoms with Gasteiger partial charge in [-0.25, -0.2) is 4.98 Å². The summed E-state index contributed by atoms with van der Waals surface area (Å²) < 4.78 is 1.85. The lowest BCUT2D eigenvalue weighted by Crippen LogP contribution is -2.04. The van der Waals surface area contributed by atoms with Crippen LogP contribution in [-0.4, -0.2) is 14.7 Å². The molecule has 0 aliphatic carbocycles. The summed E-state index contributed by atoms with van der Waals surface area (Å²) in [6, 6.07) is 0. The Labute approximate surface area is 83.2 Å². The first kappa shape index (κ1) is 11.6. The second-order valence-electron chi connectivity index (χ2n) is 2.70. The Hall–Kier alpha value is -0.350. The Bertz CT molecular complexity index is 225. The van der Waals surface area contributed by atoms with Crippen LogP contribution >= 0.6 is 17.0 Å². The molecule has 0 aliphatic rings. The number of aryl methyl sites for hydroxylation is 1. The summed E-state index contributed by atoms with van der Waals surface area (Å²) in [6.07, 6.45) is 4.90. The van der Waals surface area contributed by atoms with E-state index in [1.807, 2.05) is 24.7 Å². The molecular formula is C8H15BrN2O. The van der Waals surface area contributed by atoms with Gasteiger partial charge >= 0.3 is 0 Å². The molecule has 1 aromatic rings. The fraction of sp³-hybridized carbons (Fsp3) is 0.625. The van der Waals surface area contributed by atoms with Crippen molar-refractivity contribution in [3.8, 4) is 0 Å². The molecule has 4 heteroatoms. The van der Waals surface area contributed by atoms with E-state index < -0.39 is 6.10 Å². The van der Waals surface area contributed by atoms with E-state index in [9.17, 15) is 5.11 Å². The largest absolute Gasteiger partial charge is 0.385 e. The average molecular weight is 235 g/mol. The molecule has 0 fully saturated rings. The van der Waals surface area contributed by atoms with Gasteiger partial charge in [0.2, 0.25) is 0 Å². The third-order valence-corrected chi connectivity index (χ3v) is 1.72. The van der Waals surface area contributed by atoms with Crippen LogP contribution in [0, 0.1) is 0 Å². The van der Waals surface area contributed by atoms with E-state index >= 15 is 0 Å². The van der Waals surface area contributed by atoms with Crippen molar-refractivity contribution in [2.75, 3.05) is 0 Å². The standard InChI is InChI=1S/C8H14N2O.BrH/c1-3-4-7(11)8-9-5-6-10(8)2;/h5-7,11H,3-4H2,1-2H3;1H. The lowest BCUT2D eigenvalue weighted by Gasteiger charge is -2.07. The molecule has 1 heterocycles. The smallest absolute Gasteiger partial charge is 0.137 e. The van der Waals surface area contributed by atoms with Gasteiger partial charge in [-0.1, -0.05) is 13.3 Å². The number of halogens is 1. The molecule has 70 valence electrons. The highest BCUT2D eigenvalue weighted by Gasteiger charge is 2.09. The summed E-state index contributed by atoms with van der Waals surface area (Å²) in [5.41, 5.74) is 0. The van der Waals surface area contributed by atoms with E-state index in [1.165, 1.54) is 0 Å². The highest BCUT2D eigenvalue weighted by atomic mass is 79.9. The van der Waals surface area contributed by atoms with Gasteiger partial charge < -0.3 is 9.67 Å². The minimum Gasteiger partial charge on any atom is -0.385 e. The van der Waals surface area contributed by atoms with Gasteiger partial charge in [-0.05, 0) is 6.42 Å². The Balaban J connectivity index is 0.00000121. The second-order valence-corrected chi connectivity index (χ2v) is 2.70. The van der Waals surface area contributed by atoms with Crippen LogP contribution < -0.4 is 0 Å². The molecule has 0 amide bonds. The summed E-state index contributed by atoms with van der Waals surface area (Å²) in [6.45, 7) is 2.05. The topological polar surface area (TPSA) is 38.1 Å². The highest BCUT2D eigenvalue weighted by Crippen LogP contribution is 2.14. The van der Waals surface area contributed by atoms with Crippen molar-refractivity contribution in [1.29, 1.82) is 0 Å². The Morgan fingerprint density at radius 1 is 1.67 bits per heavy atom. The van der Waals surface area contributed by atoms with Crippen LogP contribution in [-0.2, 0) is 7.05 Å². The molecule has 0 saturated carbocycles. The molecule has 0 radical (unpaired) electrons. The van der Waals surface area contributed by atoms with Gasteiger partial charge in [0.1, 0.15) is 11.9 Å². The van der Waals surface area contributed by atoms with Crippen molar-refractivity contribution >= 4 is 17.0 Å². The summed E-state index contributed by atoms with van der Waals surface area (Å²) in [5, 5.41) is 9.51. The maximum absolute atomic E-state index is 9.51. The van der Waals surface area contributed by atoms with E-state index in [2.05, 4.69) is 4.98 Å². The molecule has 3 nitrogen and oxygen atoms in total. The van der Waals surface area contributed by atoms with Gasteiger partial charge in [0.25, 0.3) is 0 Å². The van der Waals surface area contributed by atoms with Gasteiger partial charge in [-0.15, -0.1) is 17.0 Å². The van der Waals surface area contributed by atoms with E-state index in [0.717, 1.165) is 18.7 Å². The van der Waals surface area contributed by atoms with Gasteiger partial charge in [0, 0.05) is 19.4 Å². The molecule has 1 rings (SSSR count). The Morgan fingerprint density at radius 3 is 2.75 bits per heavy atom. The van der Waals surface area contributed by atoms with Crippen LogP contribution in [0.2, 0.25) is 0 Å². The predicted molar refractivity (Wildman–Crippen MR) is 53.4 cm³/mol. The van der Waals surface area contributed by atoms with Gasteiger partial charge in [-0.2, -0.15) is 0 Å². The molecular weight excluding hydrogens is 220 g/mol. The lowest BCUT2D eigenvalue weighted by atomic mass is 10.2. The zero-order chi connectivity index (χ0) is 8.27. The molecule has 1 atom stereocenters. The van der Waals surface area contributed by atoms with Crippen molar-refractivity contribution in [3.63, 3.8) is 0 Å². The van der Waals surface area contributed by atoms with Gasteiger partial charge in [0.15, 0.2) is 0 Å². The van der Waals surface area contributed by atoms with Crippen LogP contribution in [0.15, 0.2) is 12.4 Å². The average Bonchev–Trinajstić information content (AvgIpc) is 2.36. The molecule has 0 bridgehead atoms. The predicted octanol–water partition coefficient (Wildman–Crippen LogP) is 1.83. The van der Waals surface area contributed by atoms with Crippen molar-refractivity contribution in [2.45, 2.75) is 25.9 Å². The maximum Gasteiger partial charge on any atom is 0.137 e. The van der Waals surface area contributed by atoms with Crippen molar-refractivity contribution < 1.29 is 5.11 Å². The number of hydrogen-bond acceptors (Lipinski definition) is 2. The summed E-state index contributed by atoms with van der Waals surface area (Å²) in [7, 11) is 1.89. The zero-order valence-electron chi connectivity index (χ0n) is 7.40. The van der Waals surface area contributed by atoms with E-state index in [1.54, 1.807) is 6.20 Å². The number of nitrogens with zero attached hydrogens (tertiary/aromatic N) is 2. The molecule has 0 aliphatic heterocycles. The third-order valence-electron chi connectivity index (χ3n) is 1.72. The van der Waals surface area contributed by atoms with Crippen molar-refractivity contribution in [3.05, 3.63) is 18.2 Å². The Morgan fingerprint density at radius 2 is 2.33 bits per heavy atom. The number of aromatic nitrogens is 2. The number of aliphatic hydroxyl groups excluding tert-OH is 1. The summed E-state index contributed by atoms with van der Waals surface area (Å²) >= 11 is 0. The quantitative estimate of drug-likeness (QED) is 0.867. The van der Waals surface area contributed by atoms with Crippen molar-refractivity contribution in [1.82, 2.24) is 9.55 Å². The van der Waals surface area contributed by atoms with Crippen LogP contribution in [0.25, 0.3) is 0 Å². The van der Waals surface area contributed by atoms with Gasteiger partial charge in [0.05, 0.1) is 0 Å². The zero-order valence-corrected chi connectivity index (χ0v) is 9.11. The lowest BCUT2D eigenvalue weighted by molar-refractivity contribution is 0.153. The maximum atomic E-state index is 9.51. The second kappa shape index (κ2) is 5.32. The molecule has 0 aromatic carbocycles. The molecule has 1 aromatic heterocycles. The monoisotopic (exact) mass is 234 g/mol. The van der Waals surface area contributed by atoms with E-state index in [4.69, 9.17) is 0 Å². The molecule has 0 saturated heterocycles. The van der Waals surface area contributed by atoms with Crippen LogP contribution in [0.5, 0.6) is 0 Å². The summed E-state index contributed by atoms with van der Waals surface area (Å²) in [5.74, 6) is 0.756. The molecule has 1 unspecified atom stereocenters. The van der Waals surface area contributed by atoms with Gasteiger partial charge in [-0.3, -0.25) is 0 Å². The first-order chi connectivity index (χ1) is 5.25. The minimum atomic E-state index is -0.403. The number of hydrogen-bond donors (Lipinski definition) is 1. The number of aliphatic hydroxyl groups is 1. The van der Waals surface area contributed by atoms with E-state index in [0.29, 0.717) is 0 Å². The Kier molecular flexibility index (Phi) is 5.17.